The van der Waals surface area contributed by atoms with Crippen LogP contribution in [0.4, 0.5) is 10.5 Å². The number of anilines is 1. The first kappa shape index (κ1) is 16.6. The number of aryl methyl sites for hydroxylation is 1. The monoisotopic (exact) mass is 339 g/mol. The van der Waals surface area contributed by atoms with Crippen LogP contribution in [-0.4, -0.2) is 40.2 Å². The molecule has 1 N–H and O–H groups in total. The van der Waals surface area contributed by atoms with Crippen LogP contribution in [0.2, 0.25) is 0 Å². The maximum Gasteiger partial charge on any atom is 0.335 e. The highest BCUT2D eigenvalue weighted by molar-refractivity contribution is 6.32. The molecule has 0 bridgehead atoms. The van der Waals surface area contributed by atoms with E-state index in [0.717, 1.165) is 17.9 Å². The van der Waals surface area contributed by atoms with Gasteiger partial charge in [-0.05, 0) is 18.6 Å². The molecule has 4 amide bonds. The molecule has 2 heterocycles. The smallest absolute Gasteiger partial charge is 0.335 e. The van der Waals surface area contributed by atoms with Gasteiger partial charge in [0, 0.05) is 31.7 Å². The molecule has 0 aliphatic carbocycles. The number of barbiturate groups is 1. The molecule has 8 heteroatoms. The zero-order valence-corrected chi connectivity index (χ0v) is 13.4. The molecule has 8 nitrogen and oxygen atoms in total. The summed E-state index contributed by atoms with van der Waals surface area (Å²) in [6.07, 6.45) is 7.32. The maximum atomic E-state index is 12.5. The predicted octanol–water partition coefficient (Wildman–Crippen LogP) is 1.24. The number of hydrogen-bond acceptors (Lipinski definition) is 5. The summed E-state index contributed by atoms with van der Waals surface area (Å²) in [6, 6.07) is 7.72. The van der Waals surface area contributed by atoms with Gasteiger partial charge in [0.05, 0.1) is 12.0 Å². The average Bonchev–Trinajstić information content (AvgIpc) is 3.11. The van der Waals surface area contributed by atoms with Gasteiger partial charge in [0.25, 0.3) is 5.91 Å². The van der Waals surface area contributed by atoms with Gasteiger partial charge in [0.2, 0.25) is 5.91 Å². The van der Waals surface area contributed by atoms with Crippen molar-refractivity contribution in [3.05, 3.63) is 49.1 Å². The van der Waals surface area contributed by atoms with E-state index < -0.39 is 23.8 Å². The number of amides is 4. The molecule has 0 spiro atoms. The summed E-state index contributed by atoms with van der Waals surface area (Å²) in [6.45, 7) is 1.21. The molecule has 1 aliphatic rings. The number of hydrogen-bond donors (Lipinski definition) is 1. The summed E-state index contributed by atoms with van der Waals surface area (Å²) in [5.41, 5.74) is 0.413. The van der Waals surface area contributed by atoms with E-state index in [9.17, 15) is 14.4 Å². The molecule has 3 rings (SSSR count). The highest BCUT2D eigenvalue weighted by atomic mass is 16.2. The second kappa shape index (κ2) is 7.52. The molecule has 1 saturated heterocycles. The van der Waals surface area contributed by atoms with E-state index in [1.165, 1.54) is 6.21 Å². The first-order valence-electron chi connectivity index (χ1n) is 7.86. The Morgan fingerprint density at radius 1 is 1.20 bits per heavy atom. The van der Waals surface area contributed by atoms with Crippen LogP contribution in [0.1, 0.15) is 6.42 Å². The van der Waals surface area contributed by atoms with Crippen molar-refractivity contribution in [2.24, 2.45) is 10.9 Å². The van der Waals surface area contributed by atoms with Crippen molar-refractivity contribution in [1.82, 2.24) is 14.9 Å². The van der Waals surface area contributed by atoms with E-state index in [-0.39, 0.29) is 0 Å². The van der Waals surface area contributed by atoms with Crippen LogP contribution in [0.15, 0.2) is 54.0 Å². The Labute approximate surface area is 144 Å². The molecule has 0 radical (unpaired) electrons. The lowest BCUT2D eigenvalue weighted by Gasteiger charge is -2.28. The van der Waals surface area contributed by atoms with Crippen molar-refractivity contribution in [1.29, 1.82) is 0 Å². The molecular weight excluding hydrogens is 322 g/mol. The van der Waals surface area contributed by atoms with Crippen molar-refractivity contribution < 1.29 is 14.4 Å². The van der Waals surface area contributed by atoms with E-state index in [0.29, 0.717) is 12.2 Å². The van der Waals surface area contributed by atoms with Gasteiger partial charge in [-0.1, -0.05) is 18.2 Å². The van der Waals surface area contributed by atoms with Crippen LogP contribution in [0.25, 0.3) is 0 Å². The fraction of sp³-hybridized carbons (Fsp3) is 0.235. The van der Waals surface area contributed by atoms with Gasteiger partial charge in [0.15, 0.2) is 5.92 Å². The number of benzene rings is 1. The minimum absolute atomic E-state index is 0.413. The van der Waals surface area contributed by atoms with E-state index in [1.54, 1.807) is 42.9 Å². The standard InChI is InChI=1S/C17H17N5O3/c23-15-14(11-18-7-4-9-21-10-8-19-12-21)16(24)22(17(25)20-15)13-5-2-1-3-6-13/h1-3,5-6,8,10-12,14H,4,7,9H2,(H,20,23,25)/t14-/m1/s1. The van der Waals surface area contributed by atoms with E-state index in [2.05, 4.69) is 15.3 Å². The Kier molecular flexibility index (Phi) is 4.98. The van der Waals surface area contributed by atoms with E-state index >= 15 is 0 Å². The third-order valence-electron chi connectivity index (χ3n) is 3.73. The molecule has 1 atom stereocenters. The van der Waals surface area contributed by atoms with Gasteiger partial charge >= 0.3 is 6.03 Å². The van der Waals surface area contributed by atoms with E-state index in [1.807, 2.05) is 10.8 Å². The average molecular weight is 339 g/mol. The Balaban J connectivity index is 1.63. The Morgan fingerprint density at radius 3 is 2.72 bits per heavy atom. The topological polar surface area (TPSA) is 96.7 Å². The van der Waals surface area contributed by atoms with Gasteiger partial charge in [-0.2, -0.15) is 0 Å². The molecule has 0 saturated carbocycles. The summed E-state index contributed by atoms with van der Waals surface area (Å²) in [7, 11) is 0. The fourth-order valence-corrected chi connectivity index (χ4v) is 2.49. The number of nitrogens with one attached hydrogen (secondary N) is 1. The third kappa shape index (κ3) is 3.79. The Morgan fingerprint density at radius 2 is 2.00 bits per heavy atom. The lowest BCUT2D eigenvalue weighted by molar-refractivity contribution is -0.131. The second-order valence-corrected chi connectivity index (χ2v) is 5.49. The van der Waals surface area contributed by atoms with Crippen LogP contribution in [0.5, 0.6) is 0 Å². The molecular formula is C17H17N5O3. The number of urea groups is 1. The van der Waals surface area contributed by atoms with Crippen molar-refractivity contribution in [3.8, 4) is 0 Å². The number of nitrogens with zero attached hydrogens (tertiary/aromatic N) is 4. The first-order valence-corrected chi connectivity index (χ1v) is 7.86. The molecule has 1 fully saturated rings. The first-order chi connectivity index (χ1) is 12.2. The van der Waals surface area contributed by atoms with Gasteiger partial charge in [-0.25, -0.2) is 14.7 Å². The van der Waals surface area contributed by atoms with Gasteiger partial charge in [-0.3, -0.25) is 19.9 Å². The second-order valence-electron chi connectivity index (χ2n) is 5.49. The van der Waals surface area contributed by atoms with Crippen LogP contribution in [0.3, 0.4) is 0 Å². The highest BCUT2D eigenvalue weighted by Crippen LogP contribution is 2.19. The number of aliphatic imine (C=N–C) groups is 1. The van der Waals surface area contributed by atoms with Crippen molar-refractivity contribution in [2.75, 3.05) is 11.4 Å². The number of aromatic nitrogens is 2. The molecule has 0 unspecified atom stereocenters. The predicted molar refractivity (Wildman–Crippen MR) is 91.2 cm³/mol. The summed E-state index contributed by atoms with van der Waals surface area (Å²) in [5.74, 6) is -2.36. The maximum absolute atomic E-state index is 12.5. The summed E-state index contributed by atoms with van der Waals surface area (Å²) < 4.78 is 1.92. The molecule has 128 valence electrons. The number of carbonyl (C=O) groups is 3. The summed E-state index contributed by atoms with van der Waals surface area (Å²) >= 11 is 0. The fourth-order valence-electron chi connectivity index (χ4n) is 2.49. The third-order valence-corrected chi connectivity index (χ3v) is 3.73. The number of carbonyl (C=O) groups excluding carboxylic acids is 3. The zero-order valence-electron chi connectivity index (χ0n) is 13.4. The zero-order chi connectivity index (χ0) is 17.6. The van der Waals surface area contributed by atoms with Gasteiger partial charge < -0.3 is 4.57 Å². The van der Waals surface area contributed by atoms with Crippen LogP contribution in [0, 0.1) is 5.92 Å². The molecule has 25 heavy (non-hydrogen) atoms. The van der Waals surface area contributed by atoms with Crippen LogP contribution >= 0.6 is 0 Å². The SMILES string of the molecule is O=C1NC(=O)N(c2ccccc2)C(=O)[C@@H]1C=NCCCn1ccnc1. The van der Waals surface area contributed by atoms with Crippen molar-refractivity contribution >= 4 is 29.7 Å². The molecule has 1 aromatic carbocycles. The normalized spacial score (nSPS) is 18.0. The summed E-state index contributed by atoms with van der Waals surface area (Å²) in [5, 5.41) is 2.20. The Hall–Kier alpha value is -3.29. The molecule has 1 aromatic heterocycles. The number of imide groups is 2. The van der Waals surface area contributed by atoms with Gasteiger partial charge in [-0.15, -0.1) is 0 Å². The largest absolute Gasteiger partial charge is 0.337 e. The van der Waals surface area contributed by atoms with E-state index in [4.69, 9.17) is 0 Å². The molecule has 2 aromatic rings. The number of imidazole rings is 1. The quantitative estimate of drug-likeness (QED) is 0.486. The lowest BCUT2D eigenvalue weighted by atomic mass is 10.1. The lowest BCUT2D eigenvalue weighted by Crippen LogP contribution is -2.58. The summed E-state index contributed by atoms with van der Waals surface area (Å²) in [4.78, 5) is 45.6. The minimum Gasteiger partial charge on any atom is -0.337 e. The Bertz CT molecular complexity index is 786. The highest BCUT2D eigenvalue weighted by Gasteiger charge is 2.40. The number of para-hydroxylation sites is 1. The van der Waals surface area contributed by atoms with Crippen molar-refractivity contribution in [2.45, 2.75) is 13.0 Å². The molecule has 1 aliphatic heterocycles. The van der Waals surface area contributed by atoms with Gasteiger partial charge in [0.1, 0.15) is 0 Å². The van der Waals surface area contributed by atoms with Crippen molar-refractivity contribution in [3.63, 3.8) is 0 Å². The minimum atomic E-state index is -1.11. The van der Waals surface area contributed by atoms with Crippen LogP contribution in [-0.2, 0) is 16.1 Å². The van der Waals surface area contributed by atoms with Crippen LogP contribution < -0.4 is 10.2 Å². The number of rotatable bonds is 6.